The van der Waals surface area contributed by atoms with Crippen molar-refractivity contribution in [2.24, 2.45) is 7.05 Å². The lowest BCUT2D eigenvalue weighted by Gasteiger charge is -2.19. The summed E-state index contributed by atoms with van der Waals surface area (Å²) in [5, 5.41) is 3.78. The van der Waals surface area contributed by atoms with Gasteiger partial charge >= 0.3 is 0 Å². The number of aromatic nitrogens is 2. The maximum absolute atomic E-state index is 12.4. The number of anilines is 1. The third-order valence-corrected chi connectivity index (χ3v) is 5.10. The molecule has 26 heavy (non-hydrogen) atoms. The van der Waals surface area contributed by atoms with Crippen LogP contribution in [0.15, 0.2) is 58.4 Å². The Kier molecular flexibility index (Phi) is 5.23. The molecule has 2 aromatic heterocycles. The maximum atomic E-state index is 12.4. The van der Waals surface area contributed by atoms with E-state index in [4.69, 9.17) is 4.42 Å². The van der Waals surface area contributed by atoms with Gasteiger partial charge in [-0.15, -0.1) is 0 Å². The van der Waals surface area contributed by atoms with E-state index in [-0.39, 0.29) is 11.3 Å². The number of nitrogens with one attached hydrogen (secondary N) is 1. The lowest BCUT2D eigenvalue weighted by atomic mass is 9.87. The minimum atomic E-state index is -0.248. The first kappa shape index (κ1) is 18.3. The SMILES string of the molecule is Cn1ccnc1SCc1ccc(C(=O)Nc2ccc(C(C)(C)C)cc2)o1. The van der Waals surface area contributed by atoms with E-state index in [2.05, 4.69) is 31.1 Å². The fraction of sp³-hybridized carbons (Fsp3) is 0.300. The Labute approximate surface area is 157 Å². The number of rotatable bonds is 5. The van der Waals surface area contributed by atoms with E-state index >= 15 is 0 Å². The van der Waals surface area contributed by atoms with Crippen LogP contribution < -0.4 is 5.32 Å². The monoisotopic (exact) mass is 369 g/mol. The van der Waals surface area contributed by atoms with Gasteiger partial charge in [0.05, 0.1) is 5.75 Å². The molecule has 1 amide bonds. The second kappa shape index (κ2) is 7.41. The topological polar surface area (TPSA) is 60.1 Å². The summed E-state index contributed by atoms with van der Waals surface area (Å²) in [6.07, 6.45) is 3.66. The minimum absolute atomic E-state index is 0.0866. The summed E-state index contributed by atoms with van der Waals surface area (Å²) in [7, 11) is 1.95. The fourth-order valence-corrected chi connectivity index (χ4v) is 3.28. The third-order valence-electron chi connectivity index (χ3n) is 4.01. The van der Waals surface area contributed by atoms with Gasteiger partial charge in [-0.1, -0.05) is 44.7 Å². The zero-order valence-electron chi connectivity index (χ0n) is 15.4. The molecule has 0 unspecified atom stereocenters. The number of thioether (sulfide) groups is 1. The van der Waals surface area contributed by atoms with Crippen LogP contribution in [0.4, 0.5) is 5.69 Å². The summed E-state index contributed by atoms with van der Waals surface area (Å²) in [6.45, 7) is 6.48. The van der Waals surface area contributed by atoms with Crippen LogP contribution in [0, 0.1) is 0 Å². The number of hydrogen-bond donors (Lipinski definition) is 1. The Morgan fingerprint density at radius 3 is 2.54 bits per heavy atom. The summed E-state index contributed by atoms with van der Waals surface area (Å²) in [4.78, 5) is 16.6. The highest BCUT2D eigenvalue weighted by Gasteiger charge is 2.15. The second-order valence-electron chi connectivity index (χ2n) is 7.16. The molecule has 0 aliphatic heterocycles. The van der Waals surface area contributed by atoms with E-state index in [1.807, 2.05) is 48.1 Å². The second-order valence-corrected chi connectivity index (χ2v) is 8.10. The van der Waals surface area contributed by atoms with Crippen molar-refractivity contribution >= 4 is 23.4 Å². The molecule has 3 rings (SSSR count). The molecule has 6 heteroatoms. The van der Waals surface area contributed by atoms with Crippen LogP contribution in [0.1, 0.15) is 42.6 Å². The molecule has 0 bridgehead atoms. The van der Waals surface area contributed by atoms with Crippen molar-refractivity contribution < 1.29 is 9.21 Å². The molecular formula is C20H23N3O2S. The highest BCUT2D eigenvalue weighted by atomic mass is 32.2. The van der Waals surface area contributed by atoms with Crippen LogP contribution in [-0.4, -0.2) is 15.5 Å². The molecular weight excluding hydrogens is 346 g/mol. The van der Waals surface area contributed by atoms with Gasteiger partial charge in [0.1, 0.15) is 5.76 Å². The molecule has 2 heterocycles. The molecule has 0 radical (unpaired) electrons. The standard InChI is InChI=1S/C20H23N3O2S/c1-20(2,3)14-5-7-15(8-6-14)22-18(24)17-10-9-16(25-17)13-26-19-21-11-12-23(19)4/h5-12H,13H2,1-4H3,(H,22,24). The van der Waals surface area contributed by atoms with E-state index in [0.717, 1.165) is 16.6 Å². The Bertz CT molecular complexity index is 888. The molecule has 1 N–H and O–H groups in total. The third kappa shape index (κ3) is 4.38. The Morgan fingerprint density at radius 1 is 1.19 bits per heavy atom. The normalized spacial score (nSPS) is 11.5. The van der Waals surface area contributed by atoms with E-state index in [1.165, 1.54) is 5.56 Å². The van der Waals surface area contributed by atoms with Gasteiger partial charge in [0, 0.05) is 25.1 Å². The molecule has 5 nitrogen and oxygen atoms in total. The average Bonchev–Trinajstić information content (AvgIpc) is 3.21. The lowest BCUT2D eigenvalue weighted by molar-refractivity contribution is 0.0995. The van der Waals surface area contributed by atoms with Crippen molar-refractivity contribution in [3.63, 3.8) is 0 Å². The molecule has 0 aliphatic carbocycles. The molecule has 1 aromatic carbocycles. The van der Waals surface area contributed by atoms with Crippen LogP contribution >= 0.6 is 11.8 Å². The van der Waals surface area contributed by atoms with Crippen LogP contribution in [0.25, 0.3) is 0 Å². The number of amides is 1. The Hall–Kier alpha value is -2.47. The molecule has 0 spiro atoms. The molecule has 0 saturated heterocycles. The van der Waals surface area contributed by atoms with Gasteiger partial charge in [-0.2, -0.15) is 0 Å². The van der Waals surface area contributed by atoms with E-state index in [9.17, 15) is 4.79 Å². The van der Waals surface area contributed by atoms with Crippen LogP contribution in [0.2, 0.25) is 0 Å². The highest BCUT2D eigenvalue weighted by molar-refractivity contribution is 7.98. The largest absolute Gasteiger partial charge is 0.455 e. The number of imidazole rings is 1. The predicted octanol–water partition coefficient (Wildman–Crippen LogP) is 4.86. The number of nitrogens with zero attached hydrogens (tertiary/aromatic N) is 2. The number of hydrogen-bond acceptors (Lipinski definition) is 4. The van der Waals surface area contributed by atoms with Gasteiger partial charge in [0.2, 0.25) is 0 Å². The van der Waals surface area contributed by atoms with Crippen LogP contribution in [0.3, 0.4) is 0 Å². The first-order chi connectivity index (χ1) is 12.3. The molecule has 0 atom stereocenters. The lowest BCUT2D eigenvalue weighted by Crippen LogP contribution is -2.13. The molecule has 0 saturated carbocycles. The van der Waals surface area contributed by atoms with Crippen molar-refractivity contribution in [2.45, 2.75) is 37.1 Å². The quantitative estimate of drug-likeness (QED) is 0.653. The number of aryl methyl sites for hydroxylation is 1. The highest BCUT2D eigenvalue weighted by Crippen LogP contribution is 2.24. The van der Waals surface area contributed by atoms with Gasteiger partial charge in [-0.05, 0) is 35.2 Å². The van der Waals surface area contributed by atoms with Gasteiger partial charge < -0.3 is 14.3 Å². The van der Waals surface area contributed by atoms with E-state index < -0.39 is 0 Å². The predicted molar refractivity (Wildman–Crippen MR) is 105 cm³/mol. The summed E-state index contributed by atoms with van der Waals surface area (Å²) < 4.78 is 7.61. The van der Waals surface area contributed by atoms with Crippen molar-refractivity contribution in [1.82, 2.24) is 9.55 Å². The molecule has 3 aromatic rings. The molecule has 0 fully saturated rings. The summed E-state index contributed by atoms with van der Waals surface area (Å²) in [5.74, 6) is 1.42. The summed E-state index contributed by atoms with van der Waals surface area (Å²) in [5.41, 5.74) is 2.06. The summed E-state index contributed by atoms with van der Waals surface area (Å²) >= 11 is 1.57. The fourth-order valence-electron chi connectivity index (χ4n) is 2.45. The number of carbonyl (C=O) groups excluding carboxylic acids is 1. The van der Waals surface area contributed by atoms with Gasteiger partial charge in [-0.3, -0.25) is 4.79 Å². The van der Waals surface area contributed by atoms with Crippen molar-refractivity contribution in [2.75, 3.05) is 5.32 Å². The average molecular weight is 369 g/mol. The number of benzene rings is 1. The van der Waals surface area contributed by atoms with Gasteiger partial charge in [-0.25, -0.2) is 4.98 Å². The smallest absolute Gasteiger partial charge is 0.291 e. The van der Waals surface area contributed by atoms with Crippen molar-refractivity contribution in [3.05, 3.63) is 65.9 Å². The van der Waals surface area contributed by atoms with Crippen molar-refractivity contribution in [3.8, 4) is 0 Å². The first-order valence-corrected chi connectivity index (χ1v) is 9.42. The first-order valence-electron chi connectivity index (χ1n) is 8.43. The zero-order valence-corrected chi connectivity index (χ0v) is 16.3. The minimum Gasteiger partial charge on any atom is -0.455 e. The van der Waals surface area contributed by atoms with Crippen molar-refractivity contribution in [1.29, 1.82) is 0 Å². The van der Waals surface area contributed by atoms with Gasteiger partial charge in [0.25, 0.3) is 5.91 Å². The Morgan fingerprint density at radius 2 is 1.92 bits per heavy atom. The number of carbonyl (C=O) groups is 1. The molecule has 0 aliphatic rings. The van der Waals surface area contributed by atoms with E-state index in [0.29, 0.717) is 11.5 Å². The summed E-state index contributed by atoms with van der Waals surface area (Å²) in [6, 6.07) is 11.4. The van der Waals surface area contributed by atoms with Gasteiger partial charge in [0.15, 0.2) is 10.9 Å². The van der Waals surface area contributed by atoms with E-state index in [1.54, 1.807) is 24.0 Å². The van der Waals surface area contributed by atoms with Crippen LogP contribution in [0.5, 0.6) is 0 Å². The zero-order chi connectivity index (χ0) is 18.7. The Balaban J connectivity index is 1.60. The molecule has 136 valence electrons. The maximum Gasteiger partial charge on any atom is 0.291 e. The number of furan rings is 1. The van der Waals surface area contributed by atoms with Crippen LogP contribution in [-0.2, 0) is 18.2 Å².